The Kier molecular flexibility index (Phi) is 3.48. The van der Waals surface area contributed by atoms with Crippen LogP contribution < -0.4 is 16.6 Å². The van der Waals surface area contributed by atoms with Gasteiger partial charge in [0.25, 0.3) is 0 Å². The molecule has 2 aliphatic rings. The lowest BCUT2D eigenvalue weighted by Crippen LogP contribution is -2.62. The van der Waals surface area contributed by atoms with E-state index in [0.29, 0.717) is 18.4 Å². The average molecular weight is 260 g/mol. The lowest BCUT2D eigenvalue weighted by atomic mass is 9.68. The van der Waals surface area contributed by atoms with Crippen molar-refractivity contribution in [3.8, 4) is 0 Å². The fourth-order valence-corrected chi connectivity index (χ4v) is 3.49. The Morgan fingerprint density at radius 2 is 2.32 bits per heavy atom. The van der Waals surface area contributed by atoms with Crippen molar-refractivity contribution in [3.05, 3.63) is 30.1 Å². The van der Waals surface area contributed by atoms with Crippen LogP contribution in [0, 0.1) is 11.8 Å². The molecule has 1 amide bonds. The van der Waals surface area contributed by atoms with Gasteiger partial charge in [0.15, 0.2) is 0 Å². The van der Waals surface area contributed by atoms with Crippen LogP contribution in [0.5, 0.6) is 0 Å². The van der Waals surface area contributed by atoms with Crippen LogP contribution in [-0.2, 0) is 4.79 Å². The van der Waals surface area contributed by atoms with Gasteiger partial charge in [0.05, 0.1) is 0 Å². The molecule has 4 N–H and O–H groups in total. The number of nitrogens with two attached hydrogens (primary N) is 1. The van der Waals surface area contributed by atoms with Crippen molar-refractivity contribution < 1.29 is 4.79 Å². The summed E-state index contributed by atoms with van der Waals surface area (Å²) in [5.74, 6) is 1.07. The molecule has 19 heavy (non-hydrogen) atoms. The predicted octanol–water partition coefficient (Wildman–Crippen LogP) is 0.543. The zero-order valence-electron chi connectivity index (χ0n) is 10.9. The molecule has 0 spiro atoms. The summed E-state index contributed by atoms with van der Waals surface area (Å²) in [4.78, 5) is 16.1. The van der Waals surface area contributed by atoms with Crippen molar-refractivity contribution >= 4 is 5.91 Å². The fourth-order valence-electron chi connectivity index (χ4n) is 3.49. The highest BCUT2D eigenvalue weighted by Gasteiger charge is 2.42. The van der Waals surface area contributed by atoms with E-state index >= 15 is 0 Å². The lowest BCUT2D eigenvalue weighted by molar-refractivity contribution is -0.133. The van der Waals surface area contributed by atoms with Crippen LogP contribution in [0.2, 0.25) is 0 Å². The number of carbonyl (C=O) groups is 1. The number of hydrogen-bond acceptors (Lipinski definition) is 4. The highest BCUT2D eigenvalue weighted by atomic mass is 16.2. The van der Waals surface area contributed by atoms with Gasteiger partial charge in [0, 0.05) is 30.9 Å². The molecule has 0 radical (unpaired) electrons. The third kappa shape index (κ3) is 2.35. The molecule has 1 aliphatic heterocycles. The van der Waals surface area contributed by atoms with Crippen molar-refractivity contribution in [2.45, 2.75) is 31.2 Å². The second-order valence-electron chi connectivity index (χ2n) is 5.54. The molecule has 1 aromatic heterocycles. The second-order valence-corrected chi connectivity index (χ2v) is 5.54. The summed E-state index contributed by atoms with van der Waals surface area (Å²) in [5.41, 5.74) is 12.9. The molecule has 1 aliphatic carbocycles. The Labute approximate surface area is 112 Å². The largest absolute Gasteiger partial charge is 0.329 e. The highest BCUT2D eigenvalue weighted by molar-refractivity contribution is 5.79. The normalized spacial score (nSPS) is 34.5. The number of hydrazine groups is 1. The molecule has 102 valence electrons. The van der Waals surface area contributed by atoms with E-state index < -0.39 is 0 Å². The van der Waals surface area contributed by atoms with Gasteiger partial charge in [0.2, 0.25) is 5.91 Å². The molecule has 0 bridgehead atoms. The fraction of sp³-hybridized carbons (Fsp3) is 0.571. The van der Waals surface area contributed by atoms with Gasteiger partial charge in [0.1, 0.15) is 0 Å². The molecule has 3 rings (SSSR count). The first-order valence-corrected chi connectivity index (χ1v) is 6.95. The molecule has 1 aromatic rings. The van der Waals surface area contributed by atoms with Crippen molar-refractivity contribution in [2.75, 3.05) is 6.54 Å². The summed E-state index contributed by atoms with van der Waals surface area (Å²) in [6, 6.07) is 4.29. The molecule has 5 heteroatoms. The molecular formula is C14H20N4O. The SMILES string of the molecule is NCC1NNC(=O)C2CCC(c3cccnc3)CC12. The molecule has 2 heterocycles. The first-order valence-electron chi connectivity index (χ1n) is 6.95. The number of pyridine rings is 1. The number of carbonyl (C=O) groups excluding carboxylic acids is 1. The van der Waals surface area contributed by atoms with Gasteiger partial charge in [-0.1, -0.05) is 6.07 Å². The minimum Gasteiger partial charge on any atom is -0.329 e. The summed E-state index contributed by atoms with van der Waals surface area (Å²) in [7, 11) is 0. The maximum absolute atomic E-state index is 11.9. The zero-order valence-corrected chi connectivity index (χ0v) is 10.9. The number of rotatable bonds is 2. The first-order chi connectivity index (χ1) is 9.29. The highest BCUT2D eigenvalue weighted by Crippen LogP contribution is 2.41. The van der Waals surface area contributed by atoms with Crippen LogP contribution in [0.3, 0.4) is 0 Å². The smallest absolute Gasteiger partial charge is 0.237 e. The van der Waals surface area contributed by atoms with Crippen LogP contribution in [0.1, 0.15) is 30.7 Å². The van der Waals surface area contributed by atoms with E-state index in [1.165, 1.54) is 5.56 Å². The molecule has 0 aromatic carbocycles. The average Bonchev–Trinajstić information content (AvgIpc) is 2.48. The summed E-state index contributed by atoms with van der Waals surface area (Å²) >= 11 is 0. The molecule has 5 nitrogen and oxygen atoms in total. The van der Waals surface area contributed by atoms with E-state index in [1.807, 2.05) is 12.3 Å². The van der Waals surface area contributed by atoms with E-state index in [4.69, 9.17) is 5.73 Å². The second kappa shape index (κ2) is 5.27. The summed E-state index contributed by atoms with van der Waals surface area (Å²) < 4.78 is 0. The summed E-state index contributed by atoms with van der Waals surface area (Å²) in [6.07, 6.45) is 6.75. The summed E-state index contributed by atoms with van der Waals surface area (Å²) in [6.45, 7) is 0.557. The third-order valence-corrected chi connectivity index (χ3v) is 4.54. The van der Waals surface area contributed by atoms with Crippen LogP contribution in [0.15, 0.2) is 24.5 Å². The predicted molar refractivity (Wildman–Crippen MR) is 71.9 cm³/mol. The van der Waals surface area contributed by atoms with Gasteiger partial charge in [-0.25, -0.2) is 5.43 Å². The number of amides is 1. The van der Waals surface area contributed by atoms with Gasteiger partial charge in [-0.15, -0.1) is 0 Å². The van der Waals surface area contributed by atoms with Crippen molar-refractivity contribution in [2.24, 2.45) is 17.6 Å². The van der Waals surface area contributed by atoms with Gasteiger partial charge in [-0.3, -0.25) is 15.2 Å². The van der Waals surface area contributed by atoms with E-state index in [9.17, 15) is 4.79 Å². The Hall–Kier alpha value is -1.46. The minimum absolute atomic E-state index is 0.114. The summed E-state index contributed by atoms with van der Waals surface area (Å²) in [5, 5.41) is 0. The Balaban J connectivity index is 1.78. The van der Waals surface area contributed by atoms with Gasteiger partial charge in [-0.2, -0.15) is 0 Å². The zero-order chi connectivity index (χ0) is 13.2. The van der Waals surface area contributed by atoms with Gasteiger partial charge in [-0.05, 0) is 42.7 Å². The molecular weight excluding hydrogens is 240 g/mol. The maximum atomic E-state index is 11.9. The number of nitrogens with zero attached hydrogens (tertiary/aromatic N) is 1. The van der Waals surface area contributed by atoms with Crippen LogP contribution in [-0.4, -0.2) is 23.5 Å². The number of hydrogen-bond donors (Lipinski definition) is 3. The van der Waals surface area contributed by atoms with E-state index in [1.54, 1.807) is 6.20 Å². The van der Waals surface area contributed by atoms with Gasteiger partial charge < -0.3 is 5.73 Å². The first kappa shape index (κ1) is 12.6. The number of fused-ring (bicyclic) bond motifs is 1. The quantitative estimate of drug-likeness (QED) is 0.725. The van der Waals surface area contributed by atoms with Crippen LogP contribution >= 0.6 is 0 Å². The van der Waals surface area contributed by atoms with Crippen molar-refractivity contribution in [1.29, 1.82) is 0 Å². The lowest BCUT2D eigenvalue weighted by Gasteiger charge is -2.43. The number of nitrogens with one attached hydrogen (secondary N) is 2. The molecule has 2 fully saturated rings. The number of aromatic nitrogens is 1. The Morgan fingerprint density at radius 1 is 1.42 bits per heavy atom. The van der Waals surface area contributed by atoms with Crippen molar-refractivity contribution in [1.82, 2.24) is 15.8 Å². The van der Waals surface area contributed by atoms with Gasteiger partial charge >= 0.3 is 0 Å². The molecule has 1 saturated heterocycles. The standard InChI is InChI=1S/C14H20N4O/c15-7-13-12-6-9(10-2-1-5-16-8-10)3-4-11(12)14(19)18-17-13/h1-2,5,8-9,11-13,17H,3-4,6-7,15H2,(H,18,19). The monoisotopic (exact) mass is 260 g/mol. The molecule has 4 atom stereocenters. The van der Waals surface area contributed by atoms with Crippen LogP contribution in [0.25, 0.3) is 0 Å². The minimum atomic E-state index is 0.114. The molecule has 4 unspecified atom stereocenters. The van der Waals surface area contributed by atoms with E-state index in [0.717, 1.165) is 19.3 Å². The Bertz CT molecular complexity index is 450. The maximum Gasteiger partial charge on any atom is 0.237 e. The van der Waals surface area contributed by atoms with Crippen LogP contribution in [0.4, 0.5) is 0 Å². The van der Waals surface area contributed by atoms with E-state index in [2.05, 4.69) is 21.9 Å². The van der Waals surface area contributed by atoms with E-state index in [-0.39, 0.29) is 17.9 Å². The van der Waals surface area contributed by atoms with Crippen molar-refractivity contribution in [3.63, 3.8) is 0 Å². The molecule has 1 saturated carbocycles. The third-order valence-electron chi connectivity index (χ3n) is 4.54. The topological polar surface area (TPSA) is 80.0 Å². The Morgan fingerprint density at radius 3 is 3.05 bits per heavy atom.